The highest BCUT2D eigenvalue weighted by Gasteiger charge is 2.23. The van der Waals surface area contributed by atoms with Gasteiger partial charge in [0.2, 0.25) is 0 Å². The predicted molar refractivity (Wildman–Crippen MR) is 117 cm³/mol. The van der Waals surface area contributed by atoms with Crippen molar-refractivity contribution in [3.05, 3.63) is 77.5 Å². The van der Waals surface area contributed by atoms with Gasteiger partial charge in [0.25, 0.3) is 11.8 Å². The van der Waals surface area contributed by atoms with E-state index in [0.29, 0.717) is 22.7 Å². The van der Waals surface area contributed by atoms with Crippen LogP contribution in [-0.2, 0) is 0 Å². The lowest BCUT2D eigenvalue weighted by Gasteiger charge is -2.11. The molecular formula is C23H21FN4O4. The number of rotatable bonds is 6. The van der Waals surface area contributed by atoms with Gasteiger partial charge in [-0.05, 0) is 62.2 Å². The SMILES string of the molecule is Cc1occc1C(=O)Nc1cc(NC(=O)c2cccc(NC(=O)NC3CC3)c2)ccc1F. The fraction of sp³-hybridized carbons (Fsp3) is 0.174. The van der Waals surface area contributed by atoms with Crippen LogP contribution in [0.1, 0.15) is 39.3 Å². The first kappa shape index (κ1) is 21.1. The number of anilines is 3. The normalized spacial score (nSPS) is 12.7. The number of aryl methyl sites for hydroxylation is 1. The molecule has 164 valence electrons. The van der Waals surface area contributed by atoms with Crippen molar-refractivity contribution in [1.82, 2.24) is 5.32 Å². The molecule has 1 aromatic heterocycles. The van der Waals surface area contributed by atoms with Crippen LogP contribution in [0.3, 0.4) is 0 Å². The highest BCUT2D eigenvalue weighted by atomic mass is 19.1. The molecule has 2 aromatic carbocycles. The van der Waals surface area contributed by atoms with E-state index < -0.39 is 17.6 Å². The molecule has 1 aliphatic rings. The van der Waals surface area contributed by atoms with Gasteiger partial charge in [-0.25, -0.2) is 9.18 Å². The molecule has 1 saturated carbocycles. The van der Waals surface area contributed by atoms with Gasteiger partial charge in [0.15, 0.2) is 0 Å². The van der Waals surface area contributed by atoms with Crippen molar-refractivity contribution < 1.29 is 23.2 Å². The second-order valence-corrected chi connectivity index (χ2v) is 7.45. The number of carbonyl (C=O) groups is 3. The van der Waals surface area contributed by atoms with Crippen molar-refractivity contribution in [1.29, 1.82) is 0 Å². The Kier molecular flexibility index (Phi) is 5.89. The Bertz CT molecular complexity index is 1190. The van der Waals surface area contributed by atoms with E-state index in [-0.39, 0.29) is 23.3 Å². The van der Waals surface area contributed by atoms with Crippen LogP contribution in [0.25, 0.3) is 0 Å². The molecule has 0 spiro atoms. The molecule has 4 amide bonds. The molecule has 32 heavy (non-hydrogen) atoms. The lowest BCUT2D eigenvalue weighted by Crippen LogP contribution is -2.30. The second kappa shape index (κ2) is 8.93. The molecule has 0 atom stereocenters. The fourth-order valence-electron chi connectivity index (χ4n) is 3.03. The summed E-state index contributed by atoms with van der Waals surface area (Å²) in [5.41, 5.74) is 1.27. The minimum atomic E-state index is -0.648. The minimum absolute atomic E-state index is 0.0828. The quantitative estimate of drug-likeness (QED) is 0.455. The number of carbonyl (C=O) groups excluding carboxylic acids is 3. The summed E-state index contributed by atoms with van der Waals surface area (Å²) in [6, 6.07) is 11.7. The molecule has 0 aliphatic heterocycles. The topological polar surface area (TPSA) is 112 Å². The lowest BCUT2D eigenvalue weighted by molar-refractivity contribution is 0.101. The van der Waals surface area contributed by atoms with Crippen molar-refractivity contribution in [2.75, 3.05) is 16.0 Å². The molecule has 0 radical (unpaired) electrons. The summed E-state index contributed by atoms with van der Waals surface area (Å²) in [6.07, 6.45) is 3.31. The van der Waals surface area contributed by atoms with Gasteiger partial charge in [0.05, 0.1) is 17.5 Å². The number of urea groups is 1. The van der Waals surface area contributed by atoms with E-state index in [9.17, 15) is 18.8 Å². The fourth-order valence-corrected chi connectivity index (χ4v) is 3.03. The van der Waals surface area contributed by atoms with Gasteiger partial charge >= 0.3 is 6.03 Å². The van der Waals surface area contributed by atoms with Crippen LogP contribution in [0.5, 0.6) is 0 Å². The number of hydrogen-bond donors (Lipinski definition) is 4. The standard InChI is InChI=1S/C23H21FN4O4/c1-13-18(9-10-32-13)22(30)28-20-12-17(7-8-19(20)24)25-21(29)14-3-2-4-16(11-14)27-23(31)26-15-5-6-15/h2-4,7-12,15H,5-6H2,1H3,(H,25,29)(H,28,30)(H2,26,27,31). The van der Waals surface area contributed by atoms with E-state index in [0.717, 1.165) is 18.9 Å². The van der Waals surface area contributed by atoms with Crippen molar-refractivity contribution in [2.45, 2.75) is 25.8 Å². The van der Waals surface area contributed by atoms with Gasteiger partial charge < -0.3 is 25.7 Å². The molecule has 9 heteroatoms. The van der Waals surface area contributed by atoms with Crippen LogP contribution in [0.4, 0.5) is 26.2 Å². The third kappa shape index (κ3) is 5.12. The summed E-state index contributed by atoms with van der Waals surface area (Å²) in [6.45, 7) is 1.63. The monoisotopic (exact) mass is 436 g/mol. The smallest absolute Gasteiger partial charge is 0.319 e. The average Bonchev–Trinajstić information content (AvgIpc) is 3.46. The van der Waals surface area contributed by atoms with Gasteiger partial charge in [-0.15, -0.1) is 0 Å². The van der Waals surface area contributed by atoms with E-state index in [4.69, 9.17) is 4.42 Å². The summed E-state index contributed by atoms with van der Waals surface area (Å²) in [4.78, 5) is 36.9. The third-order valence-corrected chi connectivity index (χ3v) is 4.87. The predicted octanol–water partition coefficient (Wildman–Crippen LogP) is 4.52. The van der Waals surface area contributed by atoms with Gasteiger partial charge in [0.1, 0.15) is 11.6 Å². The summed E-state index contributed by atoms with van der Waals surface area (Å²) in [7, 11) is 0. The van der Waals surface area contributed by atoms with E-state index >= 15 is 0 Å². The lowest BCUT2D eigenvalue weighted by atomic mass is 10.1. The zero-order valence-electron chi connectivity index (χ0n) is 17.2. The largest absolute Gasteiger partial charge is 0.469 e. The maximum Gasteiger partial charge on any atom is 0.319 e. The van der Waals surface area contributed by atoms with Gasteiger partial charge in [-0.1, -0.05) is 6.07 Å². The first-order valence-corrected chi connectivity index (χ1v) is 10.0. The number of hydrogen-bond acceptors (Lipinski definition) is 4. The number of benzene rings is 2. The Balaban J connectivity index is 1.43. The van der Waals surface area contributed by atoms with Crippen LogP contribution in [-0.4, -0.2) is 23.9 Å². The van der Waals surface area contributed by atoms with E-state index in [1.54, 1.807) is 25.1 Å². The molecule has 0 saturated heterocycles. The first-order valence-electron chi connectivity index (χ1n) is 10.0. The Labute approximate surface area is 183 Å². The summed E-state index contributed by atoms with van der Waals surface area (Å²) in [5.74, 6) is -1.22. The molecule has 8 nitrogen and oxygen atoms in total. The molecule has 4 rings (SSSR count). The number of nitrogens with one attached hydrogen (secondary N) is 4. The minimum Gasteiger partial charge on any atom is -0.469 e. The number of furan rings is 1. The Morgan fingerprint density at radius 2 is 1.72 bits per heavy atom. The maximum absolute atomic E-state index is 14.2. The van der Waals surface area contributed by atoms with Crippen LogP contribution >= 0.6 is 0 Å². The van der Waals surface area contributed by atoms with Crippen molar-refractivity contribution in [3.8, 4) is 0 Å². The molecule has 0 bridgehead atoms. The summed E-state index contributed by atoms with van der Waals surface area (Å²) >= 11 is 0. The zero-order valence-corrected chi connectivity index (χ0v) is 17.2. The van der Waals surface area contributed by atoms with Crippen molar-refractivity contribution in [2.24, 2.45) is 0 Å². The first-order chi connectivity index (χ1) is 15.4. The molecule has 1 fully saturated rings. The van der Waals surface area contributed by atoms with Crippen LogP contribution < -0.4 is 21.3 Å². The molecule has 1 heterocycles. The highest BCUT2D eigenvalue weighted by Crippen LogP contribution is 2.23. The van der Waals surface area contributed by atoms with Crippen molar-refractivity contribution in [3.63, 3.8) is 0 Å². The Morgan fingerprint density at radius 3 is 2.44 bits per heavy atom. The number of amides is 4. The van der Waals surface area contributed by atoms with E-state index in [1.165, 1.54) is 30.5 Å². The van der Waals surface area contributed by atoms with Crippen LogP contribution in [0.15, 0.2) is 59.2 Å². The Hall–Kier alpha value is -4.14. The maximum atomic E-state index is 14.2. The average molecular weight is 436 g/mol. The van der Waals surface area contributed by atoms with Crippen LogP contribution in [0.2, 0.25) is 0 Å². The molecule has 0 unspecified atom stereocenters. The third-order valence-electron chi connectivity index (χ3n) is 4.87. The van der Waals surface area contributed by atoms with Gasteiger partial charge in [-0.2, -0.15) is 0 Å². The van der Waals surface area contributed by atoms with Gasteiger partial charge in [-0.3, -0.25) is 9.59 Å². The van der Waals surface area contributed by atoms with E-state index in [1.807, 2.05) is 0 Å². The van der Waals surface area contributed by atoms with Crippen molar-refractivity contribution >= 4 is 34.9 Å². The second-order valence-electron chi connectivity index (χ2n) is 7.45. The molecule has 3 aromatic rings. The molecular weight excluding hydrogens is 415 g/mol. The van der Waals surface area contributed by atoms with Crippen LogP contribution in [0, 0.1) is 12.7 Å². The molecule has 4 N–H and O–H groups in total. The zero-order chi connectivity index (χ0) is 22.7. The van der Waals surface area contributed by atoms with Gasteiger partial charge in [0, 0.05) is 23.0 Å². The Morgan fingerprint density at radius 1 is 0.938 bits per heavy atom. The molecule has 1 aliphatic carbocycles. The highest BCUT2D eigenvalue weighted by molar-refractivity contribution is 6.07. The van der Waals surface area contributed by atoms with E-state index in [2.05, 4.69) is 21.3 Å². The summed E-state index contributed by atoms with van der Waals surface area (Å²) in [5, 5.41) is 10.6. The number of halogens is 1. The summed E-state index contributed by atoms with van der Waals surface area (Å²) < 4.78 is 19.3.